The topological polar surface area (TPSA) is 51.2 Å². The normalized spacial score (nSPS) is 17.9. The minimum Gasteiger partial charge on any atom is -0.465 e. The first-order valence-corrected chi connectivity index (χ1v) is 7.19. The summed E-state index contributed by atoms with van der Waals surface area (Å²) >= 11 is 1.31. The highest BCUT2D eigenvalue weighted by atomic mass is 32.1. The Labute approximate surface area is 118 Å². The number of nitrogens with one attached hydrogen (secondary N) is 1. The van der Waals surface area contributed by atoms with E-state index in [0.29, 0.717) is 23.9 Å². The summed E-state index contributed by atoms with van der Waals surface area (Å²) < 4.78 is 41.1. The van der Waals surface area contributed by atoms with Crippen molar-refractivity contribution >= 4 is 22.4 Å². The molecule has 2 rings (SSSR count). The summed E-state index contributed by atoms with van der Waals surface area (Å²) in [4.78, 5) is 16.9. The van der Waals surface area contributed by atoms with Crippen LogP contribution < -0.4 is 5.32 Å². The second-order valence-electron chi connectivity index (χ2n) is 4.46. The van der Waals surface area contributed by atoms with Gasteiger partial charge in [-0.1, -0.05) is 0 Å². The number of alkyl halides is 3. The van der Waals surface area contributed by atoms with Gasteiger partial charge in [0, 0.05) is 11.4 Å². The molecule has 1 aliphatic carbocycles. The number of aromatic nitrogens is 1. The van der Waals surface area contributed by atoms with Crippen LogP contribution in [0.3, 0.4) is 0 Å². The van der Waals surface area contributed by atoms with Crippen molar-refractivity contribution in [3.8, 4) is 0 Å². The van der Waals surface area contributed by atoms with Crippen LogP contribution in [0.15, 0.2) is 0 Å². The summed E-state index contributed by atoms with van der Waals surface area (Å²) in [5, 5.41) is 3.10. The first-order valence-electron chi connectivity index (χ1n) is 6.37. The molecule has 112 valence electrons. The lowest BCUT2D eigenvalue weighted by atomic mass is 10.1. The molecule has 0 amide bonds. The number of halogens is 3. The van der Waals surface area contributed by atoms with Crippen LogP contribution in [0.5, 0.6) is 0 Å². The largest absolute Gasteiger partial charge is 0.465 e. The molecule has 0 bridgehead atoms. The fourth-order valence-corrected chi connectivity index (χ4v) is 3.15. The highest BCUT2D eigenvalue weighted by Crippen LogP contribution is 2.39. The van der Waals surface area contributed by atoms with Gasteiger partial charge in [0.15, 0.2) is 5.13 Å². The van der Waals surface area contributed by atoms with E-state index in [1.165, 1.54) is 11.3 Å². The van der Waals surface area contributed by atoms with Crippen molar-refractivity contribution in [2.24, 2.45) is 0 Å². The molecule has 0 saturated carbocycles. The standard InChI is InChI=1S/C12H15F3N2O2S/c1-2-19-10(18)7-3-4-8-9(7)17-11(20-8)16-6-5-12(13,14)15/h7H,2-6H2,1H3,(H,16,17). The molecule has 20 heavy (non-hydrogen) atoms. The Bertz CT molecular complexity index is 488. The Morgan fingerprint density at radius 2 is 2.30 bits per heavy atom. The van der Waals surface area contributed by atoms with Crippen molar-refractivity contribution < 1.29 is 22.7 Å². The van der Waals surface area contributed by atoms with Crippen LogP contribution in [0.25, 0.3) is 0 Å². The highest BCUT2D eigenvalue weighted by Gasteiger charge is 2.33. The SMILES string of the molecule is CCOC(=O)C1CCc2sc(NCCC(F)(F)F)nc21. The molecule has 0 aromatic carbocycles. The predicted octanol–water partition coefficient (Wildman–Crippen LogP) is 3.10. The summed E-state index contributed by atoms with van der Waals surface area (Å²) in [5.74, 6) is -0.683. The molecular weight excluding hydrogens is 293 g/mol. The first-order chi connectivity index (χ1) is 9.40. The van der Waals surface area contributed by atoms with Gasteiger partial charge in [0.05, 0.1) is 18.7 Å². The van der Waals surface area contributed by atoms with Crippen molar-refractivity contribution in [3.63, 3.8) is 0 Å². The smallest absolute Gasteiger partial charge is 0.390 e. The monoisotopic (exact) mass is 308 g/mol. The maximum atomic E-state index is 12.1. The summed E-state index contributed by atoms with van der Waals surface area (Å²) in [6.45, 7) is 1.84. The van der Waals surface area contributed by atoms with E-state index >= 15 is 0 Å². The van der Waals surface area contributed by atoms with E-state index < -0.39 is 12.6 Å². The number of rotatable bonds is 5. The number of hydrogen-bond acceptors (Lipinski definition) is 5. The van der Waals surface area contributed by atoms with Crippen LogP contribution in [0.2, 0.25) is 0 Å². The van der Waals surface area contributed by atoms with Crippen LogP contribution in [-0.2, 0) is 16.0 Å². The summed E-state index contributed by atoms with van der Waals surface area (Å²) in [6, 6.07) is 0. The number of anilines is 1. The summed E-state index contributed by atoms with van der Waals surface area (Å²) in [6.07, 6.45) is -3.70. The van der Waals surface area contributed by atoms with Gasteiger partial charge < -0.3 is 10.1 Å². The Kier molecular flexibility index (Phi) is 4.52. The van der Waals surface area contributed by atoms with Gasteiger partial charge in [-0.05, 0) is 19.8 Å². The minimum atomic E-state index is -4.18. The Balaban J connectivity index is 1.96. The third-order valence-corrected chi connectivity index (χ3v) is 4.06. The average Bonchev–Trinajstić information content (AvgIpc) is 2.86. The van der Waals surface area contributed by atoms with Gasteiger partial charge in [0.25, 0.3) is 0 Å². The fourth-order valence-electron chi connectivity index (χ4n) is 2.09. The fraction of sp³-hybridized carbons (Fsp3) is 0.667. The Morgan fingerprint density at radius 1 is 1.55 bits per heavy atom. The van der Waals surface area contributed by atoms with Crippen molar-refractivity contribution in [2.45, 2.75) is 38.3 Å². The van der Waals surface area contributed by atoms with Crippen molar-refractivity contribution in [1.82, 2.24) is 4.98 Å². The number of thiazole rings is 1. The van der Waals surface area contributed by atoms with Crippen molar-refractivity contribution in [1.29, 1.82) is 0 Å². The van der Waals surface area contributed by atoms with Crippen LogP contribution in [-0.4, -0.2) is 30.3 Å². The number of carbonyl (C=O) groups is 1. The zero-order valence-corrected chi connectivity index (χ0v) is 11.7. The van der Waals surface area contributed by atoms with Crippen LogP contribution in [0, 0.1) is 0 Å². The van der Waals surface area contributed by atoms with E-state index in [4.69, 9.17) is 4.74 Å². The summed E-state index contributed by atoms with van der Waals surface area (Å²) in [5.41, 5.74) is 0.656. The molecule has 1 aliphatic rings. The second-order valence-corrected chi connectivity index (χ2v) is 5.55. The van der Waals surface area contributed by atoms with E-state index in [2.05, 4.69) is 10.3 Å². The average molecular weight is 308 g/mol. The quantitative estimate of drug-likeness (QED) is 0.849. The maximum absolute atomic E-state index is 12.1. The maximum Gasteiger partial charge on any atom is 0.390 e. The molecule has 1 atom stereocenters. The molecule has 0 aliphatic heterocycles. The molecule has 1 unspecified atom stereocenters. The molecule has 1 aromatic rings. The lowest BCUT2D eigenvalue weighted by Gasteiger charge is -2.08. The number of nitrogens with zero attached hydrogens (tertiary/aromatic N) is 1. The molecule has 1 N–H and O–H groups in total. The molecule has 1 aromatic heterocycles. The van der Waals surface area contributed by atoms with Crippen LogP contribution in [0.4, 0.5) is 18.3 Å². The molecule has 0 radical (unpaired) electrons. The number of fused-ring (bicyclic) bond motifs is 1. The lowest BCUT2D eigenvalue weighted by Crippen LogP contribution is -2.15. The molecule has 1 heterocycles. The zero-order valence-electron chi connectivity index (χ0n) is 10.9. The van der Waals surface area contributed by atoms with Gasteiger partial charge in [-0.25, -0.2) is 4.98 Å². The number of esters is 1. The molecule has 4 nitrogen and oxygen atoms in total. The van der Waals surface area contributed by atoms with E-state index in [1.54, 1.807) is 6.92 Å². The van der Waals surface area contributed by atoms with Gasteiger partial charge in [0.1, 0.15) is 5.92 Å². The van der Waals surface area contributed by atoms with E-state index in [9.17, 15) is 18.0 Å². The second kappa shape index (κ2) is 5.99. The lowest BCUT2D eigenvalue weighted by molar-refractivity contribution is -0.145. The van der Waals surface area contributed by atoms with Gasteiger partial charge >= 0.3 is 12.1 Å². The molecule has 0 spiro atoms. The van der Waals surface area contributed by atoms with Gasteiger partial charge in [-0.2, -0.15) is 13.2 Å². The molecular formula is C12H15F3N2O2S. The third kappa shape index (κ3) is 3.62. The summed E-state index contributed by atoms with van der Waals surface area (Å²) in [7, 11) is 0. The predicted molar refractivity (Wildman–Crippen MR) is 69.0 cm³/mol. The van der Waals surface area contributed by atoms with Crippen molar-refractivity contribution in [2.75, 3.05) is 18.5 Å². The van der Waals surface area contributed by atoms with Gasteiger partial charge in [0.2, 0.25) is 0 Å². The third-order valence-electron chi connectivity index (χ3n) is 2.97. The first kappa shape index (κ1) is 15.1. The number of ether oxygens (including phenoxy) is 1. The van der Waals surface area contributed by atoms with E-state index in [1.807, 2.05) is 0 Å². The Hall–Kier alpha value is -1.31. The van der Waals surface area contributed by atoms with E-state index in [-0.39, 0.29) is 18.4 Å². The van der Waals surface area contributed by atoms with Gasteiger partial charge in [-0.15, -0.1) is 11.3 Å². The van der Waals surface area contributed by atoms with E-state index in [0.717, 1.165) is 11.3 Å². The molecule has 8 heteroatoms. The van der Waals surface area contributed by atoms with Crippen molar-refractivity contribution in [3.05, 3.63) is 10.6 Å². The van der Waals surface area contributed by atoms with Crippen LogP contribution in [0.1, 0.15) is 36.3 Å². The number of aryl methyl sites for hydroxylation is 1. The number of hydrogen-bond donors (Lipinski definition) is 1. The minimum absolute atomic E-state index is 0.208. The Morgan fingerprint density at radius 3 is 2.95 bits per heavy atom. The van der Waals surface area contributed by atoms with Gasteiger partial charge in [-0.3, -0.25) is 4.79 Å². The zero-order chi connectivity index (χ0) is 14.8. The molecule has 0 saturated heterocycles. The van der Waals surface area contributed by atoms with Crippen LogP contribution >= 0.6 is 11.3 Å². The number of carbonyl (C=O) groups excluding carboxylic acids is 1. The highest BCUT2D eigenvalue weighted by molar-refractivity contribution is 7.15. The molecule has 0 fully saturated rings.